The van der Waals surface area contributed by atoms with Crippen LogP contribution in [0, 0.1) is 12.8 Å². The number of aliphatic carboxylic acids is 1. The maximum Gasteiger partial charge on any atom is 0.309 e. The van der Waals surface area contributed by atoms with E-state index < -0.39 is 5.97 Å². The molecule has 0 atom stereocenters. The SMILES string of the molecule is CCc1ccc(-c2nn(-c3ccccc3C)cc2CN2CC(C(=O)O)C2)cc1. The Morgan fingerprint density at radius 3 is 2.50 bits per heavy atom. The maximum absolute atomic E-state index is 11.1. The molecular formula is C23H25N3O2. The highest BCUT2D eigenvalue weighted by atomic mass is 16.4. The van der Waals surface area contributed by atoms with Gasteiger partial charge in [0.05, 0.1) is 17.3 Å². The summed E-state index contributed by atoms with van der Waals surface area (Å²) in [4.78, 5) is 13.3. The first-order chi connectivity index (χ1) is 13.5. The molecule has 1 aliphatic rings. The predicted molar refractivity (Wildman–Crippen MR) is 110 cm³/mol. The monoisotopic (exact) mass is 375 g/mol. The Hall–Kier alpha value is -2.92. The van der Waals surface area contributed by atoms with E-state index in [0.29, 0.717) is 19.6 Å². The maximum atomic E-state index is 11.1. The zero-order chi connectivity index (χ0) is 19.7. The summed E-state index contributed by atoms with van der Waals surface area (Å²) in [5.41, 5.74) is 6.71. The van der Waals surface area contributed by atoms with Crippen LogP contribution in [0.25, 0.3) is 16.9 Å². The van der Waals surface area contributed by atoms with Crippen LogP contribution in [0.1, 0.15) is 23.6 Å². The summed E-state index contributed by atoms with van der Waals surface area (Å²) in [6.07, 6.45) is 3.09. The molecule has 3 aromatic rings. The lowest BCUT2D eigenvalue weighted by molar-refractivity contribution is -0.147. The van der Waals surface area contributed by atoms with Crippen LogP contribution in [-0.2, 0) is 17.8 Å². The average Bonchev–Trinajstić information content (AvgIpc) is 3.08. The fourth-order valence-corrected chi connectivity index (χ4v) is 3.71. The Kier molecular flexibility index (Phi) is 5.01. The van der Waals surface area contributed by atoms with E-state index in [1.165, 1.54) is 11.1 Å². The second-order valence-corrected chi connectivity index (χ2v) is 7.51. The summed E-state index contributed by atoms with van der Waals surface area (Å²) in [5, 5.41) is 14.0. The van der Waals surface area contributed by atoms with Crippen LogP contribution in [0.5, 0.6) is 0 Å². The van der Waals surface area contributed by atoms with Crippen molar-refractivity contribution in [2.24, 2.45) is 5.92 Å². The lowest BCUT2D eigenvalue weighted by Crippen LogP contribution is -2.49. The number of aromatic nitrogens is 2. The van der Waals surface area contributed by atoms with Crippen LogP contribution in [0.3, 0.4) is 0 Å². The highest BCUT2D eigenvalue weighted by molar-refractivity contribution is 5.71. The number of hydrogen-bond donors (Lipinski definition) is 1. The Balaban J connectivity index is 1.68. The van der Waals surface area contributed by atoms with E-state index in [1.54, 1.807) is 0 Å². The van der Waals surface area contributed by atoms with Crippen molar-refractivity contribution in [3.63, 3.8) is 0 Å². The van der Waals surface area contributed by atoms with Crippen molar-refractivity contribution in [3.8, 4) is 16.9 Å². The number of hydrogen-bond acceptors (Lipinski definition) is 3. The first-order valence-electron chi connectivity index (χ1n) is 9.74. The molecule has 0 radical (unpaired) electrons. The third-order valence-corrected chi connectivity index (χ3v) is 5.49. The van der Waals surface area contributed by atoms with Gasteiger partial charge in [-0.2, -0.15) is 5.10 Å². The molecule has 2 aromatic carbocycles. The minimum absolute atomic E-state index is 0.251. The van der Waals surface area contributed by atoms with Crippen LogP contribution in [0.2, 0.25) is 0 Å². The molecule has 5 nitrogen and oxygen atoms in total. The van der Waals surface area contributed by atoms with E-state index in [-0.39, 0.29) is 5.92 Å². The number of aryl methyl sites for hydroxylation is 2. The zero-order valence-electron chi connectivity index (χ0n) is 16.3. The molecule has 0 spiro atoms. The van der Waals surface area contributed by atoms with Gasteiger partial charge in [0.25, 0.3) is 0 Å². The molecule has 0 unspecified atom stereocenters. The van der Waals surface area contributed by atoms with Crippen LogP contribution in [0.15, 0.2) is 54.7 Å². The van der Waals surface area contributed by atoms with Crippen LogP contribution >= 0.6 is 0 Å². The van der Waals surface area contributed by atoms with E-state index >= 15 is 0 Å². The molecule has 1 saturated heterocycles. The second-order valence-electron chi connectivity index (χ2n) is 7.51. The minimum atomic E-state index is -0.706. The normalized spacial score (nSPS) is 14.8. The predicted octanol–water partition coefficient (Wildman–Crippen LogP) is 3.93. The molecule has 1 aliphatic heterocycles. The van der Waals surface area contributed by atoms with Gasteiger partial charge >= 0.3 is 5.97 Å². The number of carbonyl (C=O) groups is 1. The third-order valence-electron chi connectivity index (χ3n) is 5.49. The van der Waals surface area contributed by atoms with Crippen LogP contribution < -0.4 is 0 Å². The van der Waals surface area contributed by atoms with Gasteiger partial charge in [0.15, 0.2) is 0 Å². The smallest absolute Gasteiger partial charge is 0.309 e. The first-order valence-corrected chi connectivity index (χ1v) is 9.74. The fourth-order valence-electron chi connectivity index (χ4n) is 3.71. The second kappa shape index (κ2) is 7.60. The number of para-hydroxylation sites is 1. The zero-order valence-corrected chi connectivity index (χ0v) is 16.3. The Morgan fingerprint density at radius 1 is 1.14 bits per heavy atom. The highest BCUT2D eigenvalue weighted by Crippen LogP contribution is 2.28. The molecule has 1 N–H and O–H groups in total. The molecule has 0 bridgehead atoms. The molecule has 5 heteroatoms. The number of nitrogens with zero attached hydrogens (tertiary/aromatic N) is 3. The van der Waals surface area contributed by atoms with Gasteiger partial charge in [-0.15, -0.1) is 0 Å². The van der Waals surface area contributed by atoms with Crippen molar-refractivity contribution >= 4 is 5.97 Å². The molecule has 4 rings (SSSR count). The molecule has 2 heterocycles. The summed E-state index contributed by atoms with van der Waals surface area (Å²) < 4.78 is 1.95. The number of carboxylic acid groups (broad SMARTS) is 1. The Morgan fingerprint density at radius 2 is 1.86 bits per heavy atom. The van der Waals surface area contributed by atoms with Gasteiger partial charge in [0.2, 0.25) is 0 Å². The fraction of sp³-hybridized carbons (Fsp3) is 0.304. The molecule has 1 aromatic heterocycles. The molecule has 0 amide bonds. The van der Waals surface area contributed by atoms with Crippen LogP contribution in [-0.4, -0.2) is 38.8 Å². The highest BCUT2D eigenvalue weighted by Gasteiger charge is 2.33. The van der Waals surface area contributed by atoms with Crippen molar-refractivity contribution < 1.29 is 9.90 Å². The summed E-state index contributed by atoms with van der Waals surface area (Å²) in [6, 6.07) is 16.8. The van der Waals surface area contributed by atoms with E-state index in [9.17, 15) is 4.79 Å². The average molecular weight is 375 g/mol. The number of carboxylic acids is 1. The van der Waals surface area contributed by atoms with E-state index in [1.807, 2.05) is 16.8 Å². The minimum Gasteiger partial charge on any atom is -0.481 e. The number of likely N-dealkylation sites (tertiary alicyclic amines) is 1. The van der Waals surface area contributed by atoms with Crippen molar-refractivity contribution in [1.29, 1.82) is 0 Å². The van der Waals surface area contributed by atoms with Crippen molar-refractivity contribution in [1.82, 2.24) is 14.7 Å². The standard InChI is InChI=1S/C23H25N3O2/c1-3-17-8-10-18(11-9-17)22-19(12-25-13-20(14-25)23(27)28)15-26(24-22)21-7-5-4-6-16(21)2/h4-11,15,20H,3,12-14H2,1-2H3,(H,27,28). The number of benzene rings is 2. The molecule has 0 aliphatic carbocycles. The van der Waals surface area contributed by atoms with E-state index in [4.69, 9.17) is 10.2 Å². The summed E-state index contributed by atoms with van der Waals surface area (Å²) in [5.74, 6) is -0.957. The van der Waals surface area contributed by atoms with Gasteiger partial charge < -0.3 is 5.11 Å². The van der Waals surface area contributed by atoms with Crippen molar-refractivity contribution in [2.75, 3.05) is 13.1 Å². The first kappa shape index (κ1) is 18.4. The third kappa shape index (κ3) is 3.58. The molecule has 1 fully saturated rings. The van der Waals surface area contributed by atoms with Gasteiger partial charge in [-0.1, -0.05) is 49.4 Å². The largest absolute Gasteiger partial charge is 0.481 e. The van der Waals surface area contributed by atoms with Gasteiger partial charge in [-0.3, -0.25) is 9.69 Å². The van der Waals surface area contributed by atoms with Crippen LogP contribution in [0.4, 0.5) is 0 Å². The topological polar surface area (TPSA) is 58.4 Å². The van der Waals surface area contributed by atoms with Gasteiger partial charge in [-0.25, -0.2) is 4.68 Å². The molecular weight excluding hydrogens is 350 g/mol. The quantitative estimate of drug-likeness (QED) is 0.709. The summed E-state index contributed by atoms with van der Waals surface area (Å²) in [7, 11) is 0. The Bertz CT molecular complexity index is 985. The van der Waals surface area contributed by atoms with Gasteiger partial charge in [0, 0.05) is 37.0 Å². The lowest BCUT2D eigenvalue weighted by Gasteiger charge is -2.36. The summed E-state index contributed by atoms with van der Waals surface area (Å²) >= 11 is 0. The van der Waals surface area contributed by atoms with Gasteiger partial charge in [0.1, 0.15) is 0 Å². The van der Waals surface area contributed by atoms with Gasteiger partial charge in [-0.05, 0) is 30.5 Å². The molecule has 28 heavy (non-hydrogen) atoms. The number of rotatable bonds is 6. The molecule has 144 valence electrons. The van der Waals surface area contributed by atoms with E-state index in [0.717, 1.165) is 28.9 Å². The molecule has 0 saturated carbocycles. The Labute approximate surface area is 165 Å². The lowest BCUT2D eigenvalue weighted by atomic mass is 9.98. The van der Waals surface area contributed by atoms with E-state index in [2.05, 4.69) is 61.3 Å². The summed E-state index contributed by atoms with van der Waals surface area (Å²) in [6.45, 7) is 6.13. The van der Waals surface area contributed by atoms with Crippen molar-refractivity contribution in [2.45, 2.75) is 26.8 Å². The van der Waals surface area contributed by atoms with Crippen molar-refractivity contribution in [3.05, 3.63) is 71.4 Å².